The number of hydrogen-bond donors (Lipinski definition) is 0. The van der Waals surface area contributed by atoms with Crippen molar-refractivity contribution in [3.63, 3.8) is 0 Å². The van der Waals surface area contributed by atoms with E-state index in [4.69, 9.17) is 23.2 Å². The van der Waals surface area contributed by atoms with Crippen LogP contribution in [0.15, 0.2) is 60.7 Å². The van der Waals surface area contributed by atoms with Gasteiger partial charge >= 0.3 is 0 Å². The fraction of sp³-hybridized carbons (Fsp3) is 0.250. The summed E-state index contributed by atoms with van der Waals surface area (Å²) in [6.45, 7) is 0. The van der Waals surface area contributed by atoms with Crippen molar-refractivity contribution in [1.82, 2.24) is 0 Å². The van der Waals surface area contributed by atoms with Gasteiger partial charge in [-0.25, -0.2) is 9.80 Å². The summed E-state index contributed by atoms with van der Waals surface area (Å²) in [7, 11) is 0. The molecule has 1 saturated carbocycles. The van der Waals surface area contributed by atoms with Crippen LogP contribution in [-0.4, -0.2) is 23.6 Å². The summed E-state index contributed by atoms with van der Waals surface area (Å²) in [4.78, 5) is 56.0. The zero-order chi connectivity index (χ0) is 22.3. The predicted octanol–water partition coefficient (Wildman–Crippen LogP) is 3.72. The molecule has 6 atom stereocenters. The summed E-state index contributed by atoms with van der Waals surface area (Å²) in [6.07, 6.45) is 3.68. The van der Waals surface area contributed by atoms with Gasteiger partial charge in [-0.1, -0.05) is 47.5 Å². The maximum absolute atomic E-state index is 13.4. The lowest BCUT2D eigenvalue weighted by Crippen LogP contribution is -2.50. The molecule has 2 heterocycles. The van der Waals surface area contributed by atoms with Gasteiger partial charge in [0.15, 0.2) is 0 Å². The molecule has 2 aliphatic heterocycles. The zero-order valence-corrected chi connectivity index (χ0v) is 18.0. The predicted molar refractivity (Wildman–Crippen MR) is 118 cm³/mol. The molecule has 8 heteroatoms. The number of allylic oxidation sites excluding steroid dienone is 2. The summed E-state index contributed by atoms with van der Waals surface area (Å²) in [5.74, 6) is -5.11. The standard InChI is InChI=1S/C24H16Cl2N2O4/c25-11-3-1-5-13(9-11)27-21(29)17-15-7-8-16(18(17)22(27)30)20-19(15)23(31)28(24(20)32)14-6-2-4-12(26)10-14/h1-10,15-20H/t15?,16?,17-,18-,19-,20+/m1/s1. The second kappa shape index (κ2) is 6.77. The average Bonchev–Trinajstić information content (AvgIpc) is 3.21. The van der Waals surface area contributed by atoms with Gasteiger partial charge in [-0.3, -0.25) is 19.2 Å². The maximum atomic E-state index is 13.4. The fourth-order valence-corrected chi connectivity index (χ4v) is 6.33. The van der Waals surface area contributed by atoms with Gasteiger partial charge in [-0.05, 0) is 36.4 Å². The molecular formula is C24H16Cl2N2O4. The molecular weight excluding hydrogens is 451 g/mol. The summed E-state index contributed by atoms with van der Waals surface area (Å²) < 4.78 is 0. The Morgan fingerprint density at radius 2 is 0.906 bits per heavy atom. The number of imide groups is 2. The molecule has 6 nitrogen and oxygen atoms in total. The molecule has 3 fully saturated rings. The van der Waals surface area contributed by atoms with Crippen LogP contribution in [0.2, 0.25) is 10.0 Å². The molecule has 5 aliphatic rings. The van der Waals surface area contributed by atoms with Crippen LogP contribution in [0.4, 0.5) is 11.4 Å². The van der Waals surface area contributed by atoms with Crippen molar-refractivity contribution < 1.29 is 19.2 Å². The van der Waals surface area contributed by atoms with Crippen LogP contribution in [0.1, 0.15) is 0 Å². The lowest BCUT2D eigenvalue weighted by atomic mass is 9.54. The highest BCUT2D eigenvalue weighted by Gasteiger charge is 2.68. The first-order chi connectivity index (χ1) is 15.4. The third-order valence-electron chi connectivity index (χ3n) is 7.14. The Morgan fingerprint density at radius 1 is 0.562 bits per heavy atom. The zero-order valence-electron chi connectivity index (χ0n) is 16.5. The van der Waals surface area contributed by atoms with Crippen molar-refractivity contribution in [3.8, 4) is 0 Å². The average molecular weight is 467 g/mol. The third kappa shape index (κ3) is 2.48. The quantitative estimate of drug-likeness (QED) is 0.499. The number of carbonyl (C=O) groups is 4. The van der Waals surface area contributed by atoms with Gasteiger partial charge in [0.2, 0.25) is 23.6 Å². The second-order valence-corrected chi connectivity index (χ2v) is 9.50. The Bertz CT molecular complexity index is 1120. The topological polar surface area (TPSA) is 74.8 Å². The van der Waals surface area contributed by atoms with Crippen molar-refractivity contribution in [2.45, 2.75) is 0 Å². The number of halogens is 2. The van der Waals surface area contributed by atoms with E-state index in [2.05, 4.69) is 0 Å². The third-order valence-corrected chi connectivity index (χ3v) is 7.61. The number of hydrogen-bond acceptors (Lipinski definition) is 4. The van der Waals surface area contributed by atoms with Crippen LogP contribution < -0.4 is 9.80 Å². The molecule has 2 aromatic rings. The summed E-state index contributed by atoms with van der Waals surface area (Å²) in [5, 5.41) is 0.830. The van der Waals surface area contributed by atoms with Gasteiger partial charge in [-0.15, -0.1) is 0 Å². The van der Waals surface area contributed by atoms with Gasteiger partial charge in [-0.2, -0.15) is 0 Å². The van der Waals surface area contributed by atoms with Crippen LogP contribution in [-0.2, 0) is 19.2 Å². The molecule has 2 unspecified atom stereocenters. The van der Waals surface area contributed by atoms with Crippen molar-refractivity contribution in [3.05, 3.63) is 70.7 Å². The van der Waals surface area contributed by atoms with E-state index in [1.165, 1.54) is 9.80 Å². The number of benzene rings is 2. The number of rotatable bonds is 2. The Kier molecular flexibility index (Phi) is 4.17. The Morgan fingerprint density at radius 3 is 1.22 bits per heavy atom. The molecule has 3 aliphatic carbocycles. The smallest absolute Gasteiger partial charge is 0.238 e. The van der Waals surface area contributed by atoms with Crippen molar-refractivity contribution in [1.29, 1.82) is 0 Å². The minimum atomic E-state index is -0.672. The fourth-order valence-electron chi connectivity index (χ4n) is 5.97. The summed E-state index contributed by atoms with van der Waals surface area (Å²) >= 11 is 12.2. The van der Waals surface area contributed by atoms with E-state index in [0.29, 0.717) is 21.4 Å². The molecule has 0 N–H and O–H groups in total. The van der Waals surface area contributed by atoms with Crippen LogP contribution in [0.3, 0.4) is 0 Å². The largest absolute Gasteiger partial charge is 0.274 e. The number of amides is 4. The van der Waals surface area contributed by atoms with Crippen LogP contribution >= 0.6 is 23.2 Å². The minimum absolute atomic E-state index is 0.346. The van der Waals surface area contributed by atoms with E-state index in [-0.39, 0.29) is 23.6 Å². The monoisotopic (exact) mass is 466 g/mol. The van der Waals surface area contributed by atoms with Gasteiger partial charge < -0.3 is 0 Å². The summed E-state index contributed by atoms with van der Waals surface area (Å²) in [5.41, 5.74) is 0.814. The number of anilines is 2. The Labute approximate surface area is 193 Å². The minimum Gasteiger partial charge on any atom is -0.274 e. The first kappa shape index (κ1) is 19.7. The van der Waals surface area contributed by atoms with E-state index in [9.17, 15) is 19.2 Å². The second-order valence-electron chi connectivity index (χ2n) is 8.63. The van der Waals surface area contributed by atoms with Crippen molar-refractivity contribution in [2.24, 2.45) is 35.5 Å². The molecule has 0 spiro atoms. The Balaban J connectivity index is 1.41. The highest BCUT2D eigenvalue weighted by Crippen LogP contribution is 2.58. The van der Waals surface area contributed by atoms with Gasteiger partial charge in [0, 0.05) is 21.9 Å². The number of nitrogens with zero attached hydrogens (tertiary/aromatic N) is 2. The SMILES string of the molecule is O=C1[C@@H]2C3C=CC([C@H]2C(=O)N1c1cccc(Cl)c1)[C@@H]1C(=O)N(c2cccc(Cl)c2)C(=O)[C@H]31. The van der Waals surface area contributed by atoms with Crippen molar-refractivity contribution >= 4 is 58.2 Å². The molecule has 0 radical (unpaired) electrons. The van der Waals surface area contributed by atoms with E-state index in [0.717, 1.165) is 0 Å². The van der Waals surface area contributed by atoms with Gasteiger partial charge in [0.05, 0.1) is 35.0 Å². The molecule has 2 saturated heterocycles. The molecule has 32 heavy (non-hydrogen) atoms. The Hall–Kier alpha value is -2.96. The highest BCUT2D eigenvalue weighted by molar-refractivity contribution is 6.32. The lowest BCUT2D eigenvalue weighted by Gasteiger charge is -2.44. The van der Waals surface area contributed by atoms with E-state index in [1.807, 2.05) is 12.2 Å². The molecule has 160 valence electrons. The molecule has 0 aromatic heterocycles. The lowest BCUT2D eigenvalue weighted by molar-refractivity contribution is -0.137. The van der Waals surface area contributed by atoms with Gasteiger partial charge in [0.1, 0.15) is 0 Å². The molecule has 2 bridgehead atoms. The van der Waals surface area contributed by atoms with E-state index >= 15 is 0 Å². The van der Waals surface area contributed by atoms with E-state index < -0.39 is 35.5 Å². The molecule has 2 aromatic carbocycles. The maximum Gasteiger partial charge on any atom is 0.238 e. The number of carbonyl (C=O) groups excluding carboxylic acids is 4. The normalized spacial score (nSPS) is 32.7. The van der Waals surface area contributed by atoms with Crippen molar-refractivity contribution in [2.75, 3.05) is 9.80 Å². The highest BCUT2D eigenvalue weighted by atomic mass is 35.5. The van der Waals surface area contributed by atoms with Crippen LogP contribution in [0.5, 0.6) is 0 Å². The summed E-state index contributed by atoms with van der Waals surface area (Å²) in [6, 6.07) is 13.2. The molecule has 4 amide bonds. The molecule has 7 rings (SSSR count). The first-order valence-electron chi connectivity index (χ1n) is 10.3. The first-order valence-corrected chi connectivity index (χ1v) is 11.1. The van der Waals surface area contributed by atoms with Crippen LogP contribution in [0, 0.1) is 35.5 Å². The van der Waals surface area contributed by atoms with Gasteiger partial charge in [0.25, 0.3) is 0 Å². The van der Waals surface area contributed by atoms with E-state index in [1.54, 1.807) is 48.5 Å². The van der Waals surface area contributed by atoms with Crippen LogP contribution in [0.25, 0.3) is 0 Å².